The van der Waals surface area contributed by atoms with E-state index in [-0.39, 0.29) is 0 Å². The maximum absolute atomic E-state index is 10.9. The fourth-order valence-corrected chi connectivity index (χ4v) is 3.10. The largest absolute Gasteiger partial charge is 0.496 e. The summed E-state index contributed by atoms with van der Waals surface area (Å²) >= 11 is 1.31. The molecule has 4 nitrogen and oxygen atoms in total. The van der Waals surface area contributed by atoms with Gasteiger partial charge in [-0.2, -0.15) is 0 Å². The monoisotopic (exact) mass is 287 g/mol. The van der Waals surface area contributed by atoms with E-state index in [1.807, 2.05) is 36.5 Å². The first-order chi connectivity index (χ1) is 9.69. The molecule has 2 aromatic heterocycles. The molecule has 5 heteroatoms. The number of methoxy groups -OCH3 is 1. The number of thiophene rings is 1. The quantitative estimate of drug-likeness (QED) is 0.799. The van der Waals surface area contributed by atoms with E-state index in [1.54, 1.807) is 13.2 Å². The van der Waals surface area contributed by atoms with Gasteiger partial charge in [-0.15, -0.1) is 11.3 Å². The molecule has 0 amide bonds. The number of carbonyl (C=O) groups is 1. The van der Waals surface area contributed by atoms with Crippen LogP contribution in [0.3, 0.4) is 0 Å². The second-order valence-corrected chi connectivity index (χ2v) is 5.58. The van der Waals surface area contributed by atoms with Gasteiger partial charge in [-0.25, -0.2) is 4.79 Å². The zero-order chi connectivity index (χ0) is 14.1. The Morgan fingerprint density at radius 3 is 2.85 bits per heavy atom. The van der Waals surface area contributed by atoms with Crippen LogP contribution in [-0.2, 0) is 6.54 Å². The lowest BCUT2D eigenvalue weighted by Gasteiger charge is -2.05. The highest BCUT2D eigenvalue weighted by Gasteiger charge is 2.09. The van der Waals surface area contributed by atoms with Crippen molar-refractivity contribution in [2.24, 2.45) is 0 Å². The molecule has 2 heterocycles. The Balaban J connectivity index is 1.96. The first kappa shape index (κ1) is 12.7. The maximum Gasteiger partial charge on any atom is 0.345 e. The van der Waals surface area contributed by atoms with Gasteiger partial charge in [-0.05, 0) is 30.3 Å². The molecule has 0 unspecified atom stereocenters. The summed E-state index contributed by atoms with van der Waals surface area (Å²) in [4.78, 5) is 12.3. The predicted molar refractivity (Wildman–Crippen MR) is 78.9 cm³/mol. The molecule has 1 N–H and O–H groups in total. The lowest BCUT2D eigenvalue weighted by Crippen LogP contribution is -1.95. The Hall–Kier alpha value is -2.27. The van der Waals surface area contributed by atoms with Gasteiger partial charge in [0.15, 0.2) is 0 Å². The molecule has 0 aliphatic carbocycles. The van der Waals surface area contributed by atoms with Crippen LogP contribution in [0.15, 0.2) is 42.6 Å². The van der Waals surface area contributed by atoms with Crippen molar-refractivity contribution < 1.29 is 14.6 Å². The standard InChI is InChI=1S/C15H13NO3S/c1-19-13-4-2-3-12-11(13)7-8-16(12)9-10-5-6-14(20-10)15(17)18/h2-8H,9H2,1H3,(H,17,18). The lowest BCUT2D eigenvalue weighted by atomic mass is 10.2. The number of carboxylic acids is 1. The average Bonchev–Trinajstić information content (AvgIpc) is 3.06. The normalized spacial score (nSPS) is 10.8. The molecule has 0 bridgehead atoms. The van der Waals surface area contributed by atoms with E-state index >= 15 is 0 Å². The number of hydrogen-bond acceptors (Lipinski definition) is 3. The van der Waals surface area contributed by atoms with Crippen molar-refractivity contribution in [3.8, 4) is 5.75 Å². The molecule has 0 radical (unpaired) electrons. The Kier molecular flexibility index (Phi) is 3.20. The molecule has 0 spiro atoms. The zero-order valence-electron chi connectivity index (χ0n) is 10.9. The Bertz CT molecular complexity index is 772. The molecule has 20 heavy (non-hydrogen) atoms. The molecular formula is C15H13NO3S. The van der Waals surface area contributed by atoms with Crippen LogP contribution < -0.4 is 4.74 Å². The summed E-state index contributed by atoms with van der Waals surface area (Å²) in [5.41, 5.74) is 1.08. The molecule has 0 aliphatic rings. The van der Waals surface area contributed by atoms with Crippen LogP contribution in [0.1, 0.15) is 14.5 Å². The number of aromatic nitrogens is 1. The summed E-state index contributed by atoms with van der Waals surface area (Å²) in [6.45, 7) is 0.661. The molecule has 3 aromatic rings. The minimum absolute atomic E-state index is 0.369. The second kappa shape index (κ2) is 5.02. The van der Waals surface area contributed by atoms with E-state index in [0.717, 1.165) is 21.5 Å². The molecular weight excluding hydrogens is 274 g/mol. The number of aromatic carboxylic acids is 1. The Labute approximate surface area is 119 Å². The van der Waals surface area contributed by atoms with Crippen molar-refractivity contribution in [1.82, 2.24) is 4.57 Å². The summed E-state index contributed by atoms with van der Waals surface area (Å²) in [5, 5.41) is 10.0. The van der Waals surface area contributed by atoms with Crippen LogP contribution in [0.25, 0.3) is 10.9 Å². The summed E-state index contributed by atoms with van der Waals surface area (Å²) < 4.78 is 7.43. The van der Waals surface area contributed by atoms with E-state index in [4.69, 9.17) is 9.84 Å². The lowest BCUT2D eigenvalue weighted by molar-refractivity contribution is 0.0702. The zero-order valence-corrected chi connectivity index (χ0v) is 11.7. The topological polar surface area (TPSA) is 51.5 Å². The highest BCUT2D eigenvalue weighted by Crippen LogP contribution is 2.27. The fourth-order valence-electron chi connectivity index (χ4n) is 2.26. The van der Waals surface area contributed by atoms with E-state index in [1.165, 1.54) is 11.3 Å². The minimum atomic E-state index is -0.875. The van der Waals surface area contributed by atoms with Crippen LogP contribution in [0.2, 0.25) is 0 Å². The number of carboxylic acid groups (broad SMARTS) is 1. The average molecular weight is 287 g/mol. The number of nitrogens with zero attached hydrogens (tertiary/aromatic N) is 1. The molecule has 102 valence electrons. The van der Waals surface area contributed by atoms with Gasteiger partial charge in [0.05, 0.1) is 19.2 Å². The summed E-state index contributed by atoms with van der Waals surface area (Å²) in [6.07, 6.45) is 1.99. The minimum Gasteiger partial charge on any atom is -0.496 e. The van der Waals surface area contributed by atoms with Crippen molar-refractivity contribution in [2.45, 2.75) is 6.54 Å². The number of fused-ring (bicyclic) bond motifs is 1. The maximum atomic E-state index is 10.9. The van der Waals surface area contributed by atoms with Gasteiger partial charge in [-0.1, -0.05) is 6.07 Å². The van der Waals surface area contributed by atoms with Gasteiger partial charge in [0.25, 0.3) is 0 Å². The van der Waals surface area contributed by atoms with E-state index in [2.05, 4.69) is 4.57 Å². The van der Waals surface area contributed by atoms with Crippen LogP contribution in [-0.4, -0.2) is 22.8 Å². The van der Waals surface area contributed by atoms with Gasteiger partial charge in [-0.3, -0.25) is 0 Å². The van der Waals surface area contributed by atoms with E-state index in [9.17, 15) is 4.79 Å². The van der Waals surface area contributed by atoms with Crippen molar-refractivity contribution in [3.05, 3.63) is 52.3 Å². The van der Waals surface area contributed by atoms with Gasteiger partial charge < -0.3 is 14.4 Å². The Morgan fingerprint density at radius 2 is 2.15 bits per heavy atom. The molecule has 1 aromatic carbocycles. The van der Waals surface area contributed by atoms with Gasteiger partial charge in [0, 0.05) is 16.5 Å². The number of hydrogen-bond donors (Lipinski definition) is 1. The van der Waals surface area contributed by atoms with E-state index in [0.29, 0.717) is 11.4 Å². The van der Waals surface area contributed by atoms with Crippen molar-refractivity contribution in [3.63, 3.8) is 0 Å². The Morgan fingerprint density at radius 1 is 1.30 bits per heavy atom. The molecule has 0 saturated carbocycles. The van der Waals surface area contributed by atoms with Crippen molar-refractivity contribution in [1.29, 1.82) is 0 Å². The number of ether oxygens (including phenoxy) is 1. The third kappa shape index (κ3) is 2.16. The fraction of sp³-hybridized carbons (Fsp3) is 0.133. The predicted octanol–water partition coefficient (Wildman–Crippen LogP) is 3.46. The van der Waals surface area contributed by atoms with Crippen LogP contribution in [0, 0.1) is 0 Å². The van der Waals surface area contributed by atoms with Crippen LogP contribution in [0.4, 0.5) is 0 Å². The first-order valence-corrected chi connectivity index (χ1v) is 6.94. The van der Waals surface area contributed by atoms with Crippen molar-refractivity contribution in [2.75, 3.05) is 7.11 Å². The van der Waals surface area contributed by atoms with Gasteiger partial charge >= 0.3 is 5.97 Å². The highest BCUT2D eigenvalue weighted by molar-refractivity contribution is 7.13. The molecule has 0 fully saturated rings. The van der Waals surface area contributed by atoms with Gasteiger partial charge in [0.1, 0.15) is 10.6 Å². The van der Waals surface area contributed by atoms with Crippen LogP contribution >= 0.6 is 11.3 Å². The van der Waals surface area contributed by atoms with Crippen LogP contribution in [0.5, 0.6) is 5.75 Å². The molecule has 3 rings (SSSR count). The third-order valence-electron chi connectivity index (χ3n) is 3.19. The van der Waals surface area contributed by atoms with Crippen molar-refractivity contribution >= 4 is 28.2 Å². The first-order valence-electron chi connectivity index (χ1n) is 6.13. The summed E-state index contributed by atoms with van der Waals surface area (Å²) in [6, 6.07) is 11.4. The molecule has 0 aliphatic heterocycles. The number of benzene rings is 1. The SMILES string of the molecule is COc1cccc2c1ccn2Cc1ccc(C(=O)O)s1. The molecule has 0 saturated heterocycles. The third-order valence-corrected chi connectivity index (χ3v) is 4.25. The summed E-state index contributed by atoms with van der Waals surface area (Å²) in [7, 11) is 1.66. The second-order valence-electron chi connectivity index (χ2n) is 4.41. The molecule has 0 atom stereocenters. The smallest absolute Gasteiger partial charge is 0.345 e. The van der Waals surface area contributed by atoms with E-state index < -0.39 is 5.97 Å². The highest BCUT2D eigenvalue weighted by atomic mass is 32.1. The number of rotatable bonds is 4. The van der Waals surface area contributed by atoms with Gasteiger partial charge in [0.2, 0.25) is 0 Å². The summed E-state index contributed by atoms with van der Waals surface area (Å²) in [5.74, 6) is -0.0288.